The van der Waals surface area contributed by atoms with E-state index in [0.717, 1.165) is 32.1 Å². The highest BCUT2D eigenvalue weighted by Crippen LogP contribution is 2.22. The van der Waals surface area contributed by atoms with Crippen LogP contribution in [0.4, 0.5) is 0 Å². The van der Waals surface area contributed by atoms with Crippen LogP contribution in [-0.4, -0.2) is 25.2 Å². The predicted molar refractivity (Wildman–Crippen MR) is 162 cm³/mol. The van der Waals surface area contributed by atoms with Gasteiger partial charge in [0.1, 0.15) is 0 Å². The Morgan fingerprint density at radius 2 is 1.00 bits per heavy atom. The maximum Gasteiger partial charge on any atom is 0.308 e. The third kappa shape index (κ3) is 20.8. The summed E-state index contributed by atoms with van der Waals surface area (Å²) in [5.74, 6) is 1.44. The van der Waals surface area contributed by atoms with Gasteiger partial charge in [-0.05, 0) is 43.4 Å². The Hall–Kier alpha value is -1.06. The lowest BCUT2D eigenvalue weighted by Crippen LogP contribution is -2.24. The number of carbonyl (C=O) groups excluding carboxylic acids is 2. The molecule has 4 atom stereocenters. The van der Waals surface area contributed by atoms with E-state index >= 15 is 0 Å². The molecule has 0 spiro atoms. The van der Waals surface area contributed by atoms with Gasteiger partial charge in [-0.2, -0.15) is 0 Å². The zero-order valence-corrected chi connectivity index (χ0v) is 26.5. The fraction of sp³-hybridized carbons (Fsp3) is 0.941. The van der Waals surface area contributed by atoms with E-state index in [-0.39, 0.29) is 17.9 Å². The molecule has 0 radical (unpaired) electrons. The molecule has 0 fully saturated rings. The van der Waals surface area contributed by atoms with Gasteiger partial charge in [-0.1, -0.05) is 138 Å². The normalized spacial score (nSPS) is 14.6. The molecule has 0 bridgehead atoms. The molecule has 0 aliphatic heterocycles. The summed E-state index contributed by atoms with van der Waals surface area (Å²) in [5, 5.41) is 0. The van der Waals surface area contributed by atoms with Crippen LogP contribution in [0.15, 0.2) is 0 Å². The minimum absolute atomic E-state index is 0.000380. The maximum absolute atomic E-state index is 12.5. The van der Waals surface area contributed by atoms with Gasteiger partial charge in [0.05, 0.1) is 19.1 Å². The molecular formula is C34H66O4. The number of rotatable bonds is 27. The topological polar surface area (TPSA) is 52.6 Å². The maximum atomic E-state index is 12.5. The van der Waals surface area contributed by atoms with Crippen molar-refractivity contribution in [3.8, 4) is 0 Å². The van der Waals surface area contributed by atoms with Crippen molar-refractivity contribution in [2.45, 2.75) is 170 Å². The van der Waals surface area contributed by atoms with Crippen LogP contribution in [0, 0.1) is 23.7 Å². The van der Waals surface area contributed by atoms with E-state index in [1.165, 1.54) is 89.9 Å². The number of hydrogen-bond donors (Lipinski definition) is 0. The molecule has 226 valence electrons. The molecular weight excluding hydrogens is 472 g/mol. The molecule has 0 rings (SSSR count). The molecule has 38 heavy (non-hydrogen) atoms. The van der Waals surface area contributed by atoms with Crippen LogP contribution in [0.25, 0.3) is 0 Å². The summed E-state index contributed by atoms with van der Waals surface area (Å²) in [6, 6.07) is 0. The van der Waals surface area contributed by atoms with Gasteiger partial charge in [-0.15, -0.1) is 0 Å². The highest BCUT2D eigenvalue weighted by Gasteiger charge is 2.22. The summed E-state index contributed by atoms with van der Waals surface area (Å²) >= 11 is 0. The molecule has 0 aromatic heterocycles. The van der Waals surface area contributed by atoms with Gasteiger partial charge < -0.3 is 9.47 Å². The third-order valence-corrected chi connectivity index (χ3v) is 8.54. The SMILES string of the molecule is CCCCC(CC)COC(=O)CCCCCCCCCCCCC(C)C(C)C(=O)OCC(CC)CCCC. The minimum Gasteiger partial charge on any atom is -0.465 e. The van der Waals surface area contributed by atoms with Gasteiger partial charge in [-0.3, -0.25) is 9.59 Å². The number of esters is 2. The molecule has 0 aliphatic carbocycles. The predicted octanol–water partition coefficient (Wildman–Crippen LogP) is 10.5. The van der Waals surface area contributed by atoms with E-state index < -0.39 is 0 Å². The first-order valence-corrected chi connectivity index (χ1v) is 16.7. The summed E-state index contributed by atoms with van der Waals surface area (Å²) in [6.45, 7) is 14.3. The van der Waals surface area contributed by atoms with Gasteiger partial charge in [-0.25, -0.2) is 0 Å². The quantitative estimate of drug-likeness (QED) is 0.0771. The number of unbranched alkanes of at least 4 members (excludes halogenated alkanes) is 11. The van der Waals surface area contributed by atoms with Gasteiger partial charge in [0, 0.05) is 6.42 Å². The van der Waals surface area contributed by atoms with Crippen LogP contribution < -0.4 is 0 Å². The molecule has 0 aromatic carbocycles. The molecule has 4 nitrogen and oxygen atoms in total. The average Bonchev–Trinajstić information content (AvgIpc) is 2.93. The van der Waals surface area contributed by atoms with Gasteiger partial charge in [0.2, 0.25) is 0 Å². The third-order valence-electron chi connectivity index (χ3n) is 8.54. The molecule has 0 heterocycles. The van der Waals surface area contributed by atoms with E-state index in [1.54, 1.807) is 0 Å². The lowest BCUT2D eigenvalue weighted by Gasteiger charge is -2.21. The summed E-state index contributed by atoms with van der Waals surface area (Å²) in [5.41, 5.74) is 0. The van der Waals surface area contributed by atoms with E-state index in [2.05, 4.69) is 34.6 Å². The van der Waals surface area contributed by atoms with Crippen LogP contribution in [0.2, 0.25) is 0 Å². The van der Waals surface area contributed by atoms with E-state index in [0.29, 0.717) is 37.4 Å². The Morgan fingerprint density at radius 1 is 0.553 bits per heavy atom. The fourth-order valence-corrected chi connectivity index (χ4v) is 5.04. The molecule has 4 unspecified atom stereocenters. The highest BCUT2D eigenvalue weighted by molar-refractivity contribution is 5.72. The Kier molecular flexibility index (Phi) is 25.4. The average molecular weight is 539 g/mol. The highest BCUT2D eigenvalue weighted by atomic mass is 16.5. The van der Waals surface area contributed by atoms with Crippen LogP contribution in [0.5, 0.6) is 0 Å². The monoisotopic (exact) mass is 538 g/mol. The lowest BCUT2D eigenvalue weighted by atomic mass is 9.90. The van der Waals surface area contributed by atoms with Crippen LogP contribution in [0.3, 0.4) is 0 Å². The largest absolute Gasteiger partial charge is 0.465 e. The van der Waals surface area contributed by atoms with Crippen molar-refractivity contribution >= 4 is 11.9 Å². The number of ether oxygens (including phenoxy) is 2. The molecule has 0 aromatic rings. The van der Waals surface area contributed by atoms with Crippen molar-refractivity contribution in [2.24, 2.45) is 23.7 Å². The van der Waals surface area contributed by atoms with Crippen LogP contribution in [-0.2, 0) is 19.1 Å². The number of hydrogen-bond acceptors (Lipinski definition) is 4. The van der Waals surface area contributed by atoms with Crippen molar-refractivity contribution in [3.63, 3.8) is 0 Å². The van der Waals surface area contributed by atoms with Crippen molar-refractivity contribution < 1.29 is 19.1 Å². The zero-order chi connectivity index (χ0) is 28.4. The van der Waals surface area contributed by atoms with Crippen molar-refractivity contribution in [1.29, 1.82) is 0 Å². The first-order valence-electron chi connectivity index (χ1n) is 16.7. The zero-order valence-electron chi connectivity index (χ0n) is 26.5. The molecule has 0 saturated heterocycles. The first kappa shape index (κ1) is 36.9. The Balaban J connectivity index is 3.64. The van der Waals surface area contributed by atoms with Crippen molar-refractivity contribution in [2.75, 3.05) is 13.2 Å². The number of carbonyl (C=O) groups is 2. The molecule has 4 heteroatoms. The van der Waals surface area contributed by atoms with Gasteiger partial charge >= 0.3 is 11.9 Å². The van der Waals surface area contributed by atoms with Gasteiger partial charge in [0.25, 0.3) is 0 Å². The molecule has 0 amide bonds. The standard InChI is InChI=1S/C34H66O4/c1-7-11-24-31(9-3)27-37-33(35)26-22-20-18-16-14-13-15-17-19-21-23-29(5)30(6)34(36)38-28-32(10-4)25-12-8-2/h29-32H,7-28H2,1-6H3. The second kappa shape index (κ2) is 26.2. The second-order valence-electron chi connectivity index (χ2n) is 12.0. The second-order valence-corrected chi connectivity index (χ2v) is 12.0. The van der Waals surface area contributed by atoms with Crippen molar-refractivity contribution in [1.82, 2.24) is 0 Å². The smallest absolute Gasteiger partial charge is 0.308 e. The Morgan fingerprint density at radius 3 is 1.47 bits per heavy atom. The van der Waals surface area contributed by atoms with Crippen LogP contribution >= 0.6 is 0 Å². The first-order chi connectivity index (χ1) is 18.4. The van der Waals surface area contributed by atoms with E-state index in [4.69, 9.17) is 9.47 Å². The summed E-state index contributed by atoms with van der Waals surface area (Å²) < 4.78 is 11.2. The molecule has 0 aliphatic rings. The molecule has 0 saturated carbocycles. The van der Waals surface area contributed by atoms with Crippen LogP contribution in [0.1, 0.15) is 170 Å². The summed E-state index contributed by atoms with van der Waals surface area (Å²) in [6.07, 6.45) is 23.4. The summed E-state index contributed by atoms with van der Waals surface area (Å²) in [4.78, 5) is 24.4. The van der Waals surface area contributed by atoms with Crippen molar-refractivity contribution in [3.05, 3.63) is 0 Å². The Bertz CT molecular complexity index is 547. The Labute approximate surface area is 237 Å². The van der Waals surface area contributed by atoms with Gasteiger partial charge in [0.15, 0.2) is 0 Å². The van der Waals surface area contributed by atoms with E-state index in [9.17, 15) is 9.59 Å². The minimum atomic E-state index is -0.00639. The molecule has 0 N–H and O–H groups in total. The van der Waals surface area contributed by atoms with E-state index in [1.807, 2.05) is 6.92 Å². The lowest BCUT2D eigenvalue weighted by molar-refractivity contribution is -0.151. The summed E-state index contributed by atoms with van der Waals surface area (Å²) in [7, 11) is 0. The fourth-order valence-electron chi connectivity index (χ4n) is 5.04.